The van der Waals surface area contributed by atoms with Gasteiger partial charge in [0.05, 0.1) is 24.7 Å². The molecule has 2 aromatic rings. The Hall–Kier alpha value is -3.21. The van der Waals surface area contributed by atoms with Crippen molar-refractivity contribution < 1.29 is 14.3 Å². The third-order valence-electron chi connectivity index (χ3n) is 5.80. The third-order valence-corrected chi connectivity index (χ3v) is 5.80. The van der Waals surface area contributed by atoms with Crippen LogP contribution in [0, 0.1) is 11.3 Å². The molecule has 2 atom stereocenters. The van der Waals surface area contributed by atoms with E-state index in [0.717, 1.165) is 30.9 Å². The molecule has 0 spiro atoms. The van der Waals surface area contributed by atoms with Crippen LogP contribution < -0.4 is 10.2 Å². The van der Waals surface area contributed by atoms with Crippen LogP contribution in [-0.2, 0) is 27.4 Å². The van der Waals surface area contributed by atoms with E-state index in [4.69, 9.17) is 10.00 Å². The summed E-state index contributed by atoms with van der Waals surface area (Å²) >= 11 is 0. The number of nitriles is 1. The number of carbonyl (C=O) groups excluding carboxylic acids is 2. The summed E-state index contributed by atoms with van der Waals surface area (Å²) in [5.74, 6) is -0.324. The number of amides is 2. The molecule has 0 aromatic heterocycles. The average molecular weight is 463 g/mol. The molecular formula is C27H34N4O3. The molecule has 1 aliphatic rings. The Morgan fingerprint density at radius 1 is 1.03 bits per heavy atom. The van der Waals surface area contributed by atoms with Crippen molar-refractivity contribution in [2.24, 2.45) is 0 Å². The van der Waals surface area contributed by atoms with Gasteiger partial charge in [-0.3, -0.25) is 14.5 Å². The molecule has 0 bridgehead atoms. The lowest BCUT2D eigenvalue weighted by Gasteiger charge is -2.35. The van der Waals surface area contributed by atoms with Gasteiger partial charge in [-0.05, 0) is 37.1 Å². The summed E-state index contributed by atoms with van der Waals surface area (Å²) in [6, 6.07) is 19.6. The first kappa shape index (κ1) is 25.4. The fraction of sp³-hybridized carbons (Fsp3) is 0.444. The van der Waals surface area contributed by atoms with E-state index in [-0.39, 0.29) is 43.3 Å². The van der Waals surface area contributed by atoms with Crippen LogP contribution in [0.5, 0.6) is 0 Å². The SMILES string of the molecule is CC1CN(Cc2ccc(CNC(=O)CCC(=O)N(CCC#N)c3ccccc3)cc2)CC(C)O1. The maximum Gasteiger partial charge on any atom is 0.227 e. The third kappa shape index (κ3) is 7.98. The minimum Gasteiger partial charge on any atom is -0.373 e. The van der Waals surface area contributed by atoms with E-state index in [2.05, 4.69) is 42.3 Å². The second-order valence-electron chi connectivity index (χ2n) is 8.83. The molecule has 2 aromatic carbocycles. The number of hydrogen-bond acceptors (Lipinski definition) is 5. The molecule has 3 rings (SSSR count). The molecule has 1 saturated heterocycles. The Bertz CT molecular complexity index is 962. The van der Waals surface area contributed by atoms with E-state index < -0.39 is 0 Å². The molecule has 34 heavy (non-hydrogen) atoms. The summed E-state index contributed by atoms with van der Waals surface area (Å²) in [4.78, 5) is 29.0. The topological polar surface area (TPSA) is 85.7 Å². The molecule has 7 nitrogen and oxygen atoms in total. The zero-order valence-electron chi connectivity index (χ0n) is 20.1. The lowest BCUT2D eigenvalue weighted by Crippen LogP contribution is -2.44. The van der Waals surface area contributed by atoms with Gasteiger partial charge in [0.2, 0.25) is 11.8 Å². The second-order valence-corrected chi connectivity index (χ2v) is 8.83. The van der Waals surface area contributed by atoms with Crippen LogP contribution in [0.4, 0.5) is 5.69 Å². The largest absolute Gasteiger partial charge is 0.373 e. The summed E-state index contributed by atoms with van der Waals surface area (Å²) in [6.07, 6.45) is 0.946. The molecule has 7 heteroatoms. The van der Waals surface area contributed by atoms with Crippen molar-refractivity contribution in [1.82, 2.24) is 10.2 Å². The highest BCUT2D eigenvalue weighted by Gasteiger charge is 2.22. The number of hydrogen-bond donors (Lipinski definition) is 1. The zero-order valence-corrected chi connectivity index (χ0v) is 20.1. The number of carbonyl (C=O) groups is 2. The Balaban J connectivity index is 1.43. The summed E-state index contributed by atoms with van der Waals surface area (Å²) in [6.45, 7) is 7.70. The van der Waals surface area contributed by atoms with Gasteiger partial charge in [0.25, 0.3) is 0 Å². The Morgan fingerprint density at radius 3 is 2.32 bits per heavy atom. The maximum atomic E-state index is 12.7. The molecule has 1 aliphatic heterocycles. The van der Waals surface area contributed by atoms with Gasteiger partial charge in [-0.25, -0.2) is 0 Å². The van der Waals surface area contributed by atoms with Crippen molar-refractivity contribution in [2.45, 2.75) is 58.4 Å². The minimum atomic E-state index is -0.165. The molecule has 0 aliphatic carbocycles. The lowest BCUT2D eigenvalue weighted by molar-refractivity contribution is -0.125. The lowest BCUT2D eigenvalue weighted by atomic mass is 10.1. The maximum absolute atomic E-state index is 12.7. The first-order valence-electron chi connectivity index (χ1n) is 11.9. The predicted octanol–water partition coefficient (Wildman–Crippen LogP) is 3.64. The summed E-state index contributed by atoms with van der Waals surface area (Å²) in [5, 5.41) is 11.8. The molecule has 2 unspecified atom stereocenters. The Labute approximate surface area is 202 Å². The number of benzene rings is 2. The summed E-state index contributed by atoms with van der Waals surface area (Å²) < 4.78 is 5.80. The molecule has 1 heterocycles. The van der Waals surface area contributed by atoms with E-state index >= 15 is 0 Å². The number of rotatable bonds is 10. The van der Waals surface area contributed by atoms with Gasteiger partial charge in [-0.2, -0.15) is 5.26 Å². The predicted molar refractivity (Wildman–Crippen MR) is 132 cm³/mol. The van der Waals surface area contributed by atoms with Gasteiger partial charge in [0.1, 0.15) is 0 Å². The highest BCUT2D eigenvalue weighted by molar-refractivity contribution is 5.95. The zero-order chi connectivity index (χ0) is 24.3. The van der Waals surface area contributed by atoms with Crippen molar-refractivity contribution in [3.05, 3.63) is 65.7 Å². The number of para-hydroxylation sites is 1. The van der Waals surface area contributed by atoms with Crippen LogP contribution in [0.2, 0.25) is 0 Å². The fourth-order valence-electron chi connectivity index (χ4n) is 4.25. The number of nitrogens with zero attached hydrogens (tertiary/aromatic N) is 3. The summed E-state index contributed by atoms with van der Waals surface area (Å²) in [7, 11) is 0. The van der Waals surface area contributed by atoms with Crippen LogP contribution in [0.3, 0.4) is 0 Å². The smallest absolute Gasteiger partial charge is 0.227 e. The van der Waals surface area contributed by atoms with Crippen molar-refractivity contribution in [1.29, 1.82) is 5.26 Å². The Kier molecular flexibility index (Phi) is 9.62. The highest BCUT2D eigenvalue weighted by atomic mass is 16.5. The van der Waals surface area contributed by atoms with E-state index in [9.17, 15) is 9.59 Å². The molecule has 1 N–H and O–H groups in total. The quantitative estimate of drug-likeness (QED) is 0.583. The van der Waals surface area contributed by atoms with E-state index in [1.807, 2.05) is 42.5 Å². The second kappa shape index (κ2) is 12.9. The van der Waals surface area contributed by atoms with Crippen LogP contribution in [-0.4, -0.2) is 48.6 Å². The first-order valence-corrected chi connectivity index (χ1v) is 11.9. The van der Waals surface area contributed by atoms with Crippen molar-refractivity contribution >= 4 is 17.5 Å². The van der Waals surface area contributed by atoms with Gasteiger partial charge in [-0.15, -0.1) is 0 Å². The molecular weight excluding hydrogens is 428 g/mol. The fourth-order valence-corrected chi connectivity index (χ4v) is 4.25. The van der Waals surface area contributed by atoms with E-state index in [0.29, 0.717) is 13.1 Å². The minimum absolute atomic E-state index is 0.0987. The van der Waals surface area contributed by atoms with E-state index in [1.165, 1.54) is 5.56 Å². The normalized spacial score (nSPS) is 18.1. The summed E-state index contributed by atoms with van der Waals surface area (Å²) in [5.41, 5.74) is 3.00. The Morgan fingerprint density at radius 2 is 1.68 bits per heavy atom. The molecule has 0 radical (unpaired) electrons. The monoisotopic (exact) mass is 462 g/mol. The molecule has 180 valence electrons. The van der Waals surface area contributed by atoms with Crippen LogP contribution in [0.15, 0.2) is 54.6 Å². The van der Waals surface area contributed by atoms with Crippen molar-refractivity contribution in [2.75, 3.05) is 24.5 Å². The van der Waals surface area contributed by atoms with Gasteiger partial charge in [0.15, 0.2) is 0 Å². The van der Waals surface area contributed by atoms with Gasteiger partial charge >= 0.3 is 0 Å². The number of nitrogens with one attached hydrogen (secondary N) is 1. The van der Waals surface area contributed by atoms with Crippen LogP contribution >= 0.6 is 0 Å². The van der Waals surface area contributed by atoms with E-state index in [1.54, 1.807) is 4.90 Å². The number of ether oxygens (including phenoxy) is 1. The standard InChI is InChI=1S/C27H34N4O3/c1-21-18-30(19-22(2)34-21)20-24-11-9-23(10-12-24)17-29-26(32)13-14-27(33)31(16-6-15-28)25-7-4-3-5-8-25/h3-5,7-12,21-22H,6,13-14,16-20H2,1-2H3,(H,29,32). The number of anilines is 1. The van der Waals surface area contributed by atoms with Crippen LogP contribution in [0.25, 0.3) is 0 Å². The number of morpholine rings is 1. The van der Waals surface area contributed by atoms with Gasteiger partial charge in [-0.1, -0.05) is 42.5 Å². The van der Waals surface area contributed by atoms with Crippen LogP contribution in [0.1, 0.15) is 44.2 Å². The van der Waals surface area contributed by atoms with Gasteiger partial charge in [0, 0.05) is 51.3 Å². The van der Waals surface area contributed by atoms with Crippen molar-refractivity contribution in [3.8, 4) is 6.07 Å². The molecule has 1 fully saturated rings. The molecule has 0 saturated carbocycles. The highest BCUT2D eigenvalue weighted by Crippen LogP contribution is 2.16. The van der Waals surface area contributed by atoms with Gasteiger partial charge < -0.3 is 15.0 Å². The average Bonchev–Trinajstić information content (AvgIpc) is 2.82. The van der Waals surface area contributed by atoms with Crippen molar-refractivity contribution in [3.63, 3.8) is 0 Å². The molecule has 2 amide bonds. The first-order chi connectivity index (χ1) is 16.4.